The Morgan fingerprint density at radius 1 is 0.759 bits per heavy atom. The lowest BCUT2D eigenvalue weighted by Crippen LogP contribution is -2.19. The molecule has 3 aromatic carbocycles. The van der Waals surface area contributed by atoms with E-state index in [1.807, 2.05) is 0 Å². The van der Waals surface area contributed by atoms with Crippen molar-refractivity contribution in [1.82, 2.24) is 4.90 Å². The second kappa shape index (κ2) is 11.0. The van der Waals surface area contributed by atoms with Gasteiger partial charge in [0.2, 0.25) is 0 Å². The van der Waals surface area contributed by atoms with Crippen molar-refractivity contribution in [2.75, 3.05) is 32.6 Å². The Morgan fingerprint density at radius 2 is 1.31 bits per heavy atom. The van der Waals surface area contributed by atoms with Gasteiger partial charge >= 0.3 is 0 Å². The largest absolute Gasteiger partial charge is 0.492 e. The van der Waals surface area contributed by atoms with E-state index in [4.69, 9.17) is 4.74 Å². The third-order valence-electron chi connectivity index (χ3n) is 4.78. The van der Waals surface area contributed by atoms with E-state index in [0.717, 1.165) is 24.0 Å². The summed E-state index contributed by atoms with van der Waals surface area (Å²) in [6.07, 6.45) is 0.954. The van der Waals surface area contributed by atoms with Crippen molar-refractivity contribution in [1.29, 1.82) is 0 Å². The molecule has 0 heterocycles. The molecule has 0 aliphatic carbocycles. The summed E-state index contributed by atoms with van der Waals surface area (Å²) in [5.41, 5.74) is 6.31. The standard InChI is InChI=1S/C26H28BrNO/c1-28(2)19-20-29-24-15-13-23(14-16-24)26(22-11-7-4-8-12-22)25(17-18-27)21-9-5-3-6-10-21/h3-16H,17-20H2,1-2H3. The summed E-state index contributed by atoms with van der Waals surface area (Å²) in [4.78, 5) is 2.12. The molecule has 0 atom stereocenters. The maximum absolute atomic E-state index is 5.88. The van der Waals surface area contributed by atoms with E-state index in [0.29, 0.717) is 6.61 Å². The van der Waals surface area contributed by atoms with Gasteiger partial charge in [-0.05, 0) is 60.5 Å². The van der Waals surface area contributed by atoms with Gasteiger partial charge in [-0.3, -0.25) is 0 Å². The topological polar surface area (TPSA) is 12.5 Å². The smallest absolute Gasteiger partial charge is 0.119 e. The number of rotatable bonds is 9. The highest BCUT2D eigenvalue weighted by Gasteiger charge is 2.14. The van der Waals surface area contributed by atoms with Crippen LogP contribution in [-0.4, -0.2) is 37.5 Å². The molecule has 0 fully saturated rings. The third-order valence-corrected chi connectivity index (χ3v) is 5.18. The van der Waals surface area contributed by atoms with Crippen LogP contribution in [0, 0.1) is 0 Å². The summed E-state index contributed by atoms with van der Waals surface area (Å²) in [5.74, 6) is 0.907. The van der Waals surface area contributed by atoms with Crippen molar-refractivity contribution in [3.8, 4) is 5.75 Å². The third kappa shape index (κ3) is 6.06. The number of ether oxygens (including phenoxy) is 1. The first-order valence-corrected chi connectivity index (χ1v) is 11.1. The lowest BCUT2D eigenvalue weighted by Gasteiger charge is -2.17. The SMILES string of the molecule is CN(C)CCOc1ccc(C(=C(CCBr)c2ccccc2)c2ccccc2)cc1. The summed E-state index contributed by atoms with van der Waals surface area (Å²) in [7, 11) is 4.11. The highest BCUT2D eigenvalue weighted by molar-refractivity contribution is 9.09. The van der Waals surface area contributed by atoms with Crippen LogP contribution in [0.4, 0.5) is 0 Å². The van der Waals surface area contributed by atoms with Crippen LogP contribution in [0.25, 0.3) is 11.1 Å². The number of alkyl halides is 1. The second-order valence-corrected chi connectivity index (χ2v) is 7.99. The van der Waals surface area contributed by atoms with Gasteiger partial charge in [0, 0.05) is 11.9 Å². The summed E-state index contributed by atoms with van der Waals surface area (Å²) < 4.78 is 5.88. The molecular formula is C26H28BrNO. The number of hydrogen-bond acceptors (Lipinski definition) is 2. The quantitative estimate of drug-likeness (QED) is 0.277. The maximum Gasteiger partial charge on any atom is 0.119 e. The van der Waals surface area contributed by atoms with Crippen molar-refractivity contribution < 1.29 is 4.74 Å². The normalized spacial score (nSPS) is 12.0. The van der Waals surface area contributed by atoms with Crippen LogP contribution >= 0.6 is 15.9 Å². The van der Waals surface area contributed by atoms with Crippen LogP contribution in [-0.2, 0) is 0 Å². The van der Waals surface area contributed by atoms with E-state index in [9.17, 15) is 0 Å². The van der Waals surface area contributed by atoms with Crippen LogP contribution < -0.4 is 4.74 Å². The number of hydrogen-bond donors (Lipinski definition) is 0. The molecule has 0 saturated heterocycles. The number of likely N-dealkylation sites (N-methyl/N-ethyl adjacent to an activating group) is 1. The van der Waals surface area contributed by atoms with Gasteiger partial charge in [-0.2, -0.15) is 0 Å². The van der Waals surface area contributed by atoms with Crippen LogP contribution in [0.2, 0.25) is 0 Å². The first kappa shape index (κ1) is 21.4. The van der Waals surface area contributed by atoms with Crippen molar-refractivity contribution in [3.05, 3.63) is 102 Å². The molecule has 0 aliphatic heterocycles. The van der Waals surface area contributed by atoms with Crippen LogP contribution in [0.15, 0.2) is 84.9 Å². The highest BCUT2D eigenvalue weighted by atomic mass is 79.9. The van der Waals surface area contributed by atoms with Gasteiger partial charge in [-0.25, -0.2) is 0 Å². The molecule has 0 aromatic heterocycles. The number of halogens is 1. The van der Waals surface area contributed by atoms with E-state index in [1.54, 1.807) is 0 Å². The molecule has 3 rings (SSSR count). The van der Waals surface area contributed by atoms with Gasteiger partial charge in [-0.1, -0.05) is 88.7 Å². The fraction of sp³-hybridized carbons (Fsp3) is 0.231. The molecule has 3 aromatic rings. The minimum atomic E-state index is 0.687. The highest BCUT2D eigenvalue weighted by Crippen LogP contribution is 2.35. The van der Waals surface area contributed by atoms with Gasteiger partial charge in [0.15, 0.2) is 0 Å². The average molecular weight is 450 g/mol. The monoisotopic (exact) mass is 449 g/mol. The Kier molecular flexibility index (Phi) is 8.09. The zero-order valence-corrected chi connectivity index (χ0v) is 18.7. The first-order chi connectivity index (χ1) is 14.2. The van der Waals surface area contributed by atoms with E-state index >= 15 is 0 Å². The molecule has 0 amide bonds. The zero-order chi connectivity index (χ0) is 20.5. The molecule has 3 heteroatoms. The summed E-state index contributed by atoms with van der Waals surface area (Å²) in [6, 6.07) is 29.8. The Morgan fingerprint density at radius 3 is 1.86 bits per heavy atom. The number of nitrogens with zero attached hydrogens (tertiary/aromatic N) is 1. The maximum atomic E-state index is 5.88. The Bertz CT molecular complexity index is 902. The first-order valence-electron chi connectivity index (χ1n) is 9.97. The predicted molar refractivity (Wildman–Crippen MR) is 128 cm³/mol. The molecule has 0 spiro atoms. The van der Waals surface area contributed by atoms with Gasteiger partial charge in [0.25, 0.3) is 0 Å². The molecule has 0 radical (unpaired) electrons. The van der Waals surface area contributed by atoms with Crippen LogP contribution in [0.1, 0.15) is 23.1 Å². The molecule has 0 saturated carbocycles. The van der Waals surface area contributed by atoms with Crippen LogP contribution in [0.3, 0.4) is 0 Å². The molecular weight excluding hydrogens is 422 g/mol. The minimum Gasteiger partial charge on any atom is -0.492 e. The second-order valence-electron chi connectivity index (χ2n) is 7.20. The molecule has 2 nitrogen and oxygen atoms in total. The minimum absolute atomic E-state index is 0.687. The van der Waals surface area contributed by atoms with E-state index in [1.165, 1.54) is 27.8 Å². The molecule has 0 N–H and O–H groups in total. The fourth-order valence-electron chi connectivity index (χ4n) is 3.33. The van der Waals surface area contributed by atoms with E-state index in [-0.39, 0.29) is 0 Å². The van der Waals surface area contributed by atoms with Crippen molar-refractivity contribution >= 4 is 27.1 Å². The zero-order valence-electron chi connectivity index (χ0n) is 17.1. The molecule has 29 heavy (non-hydrogen) atoms. The molecule has 0 aliphatic rings. The fourth-order valence-corrected chi connectivity index (χ4v) is 3.73. The number of allylic oxidation sites excluding steroid dienone is 1. The lowest BCUT2D eigenvalue weighted by atomic mass is 9.88. The predicted octanol–water partition coefficient (Wildman–Crippen LogP) is 6.37. The lowest BCUT2D eigenvalue weighted by molar-refractivity contribution is 0.261. The van der Waals surface area contributed by atoms with Gasteiger partial charge in [0.1, 0.15) is 12.4 Å². The van der Waals surface area contributed by atoms with Gasteiger partial charge in [0.05, 0.1) is 0 Å². The molecule has 150 valence electrons. The van der Waals surface area contributed by atoms with Crippen molar-refractivity contribution in [2.24, 2.45) is 0 Å². The summed E-state index contributed by atoms with van der Waals surface area (Å²) in [6.45, 7) is 1.59. The summed E-state index contributed by atoms with van der Waals surface area (Å²) in [5, 5.41) is 0.916. The average Bonchev–Trinajstić information content (AvgIpc) is 2.75. The van der Waals surface area contributed by atoms with E-state index in [2.05, 4.69) is 120 Å². The Balaban J connectivity index is 2.02. The molecule has 0 unspecified atom stereocenters. The van der Waals surface area contributed by atoms with Crippen LogP contribution in [0.5, 0.6) is 5.75 Å². The number of benzene rings is 3. The van der Waals surface area contributed by atoms with E-state index < -0.39 is 0 Å². The van der Waals surface area contributed by atoms with Gasteiger partial charge < -0.3 is 9.64 Å². The van der Waals surface area contributed by atoms with Gasteiger partial charge in [-0.15, -0.1) is 0 Å². The Hall–Kier alpha value is -2.36. The summed E-state index contributed by atoms with van der Waals surface area (Å²) >= 11 is 3.65. The Labute approximate surface area is 183 Å². The van der Waals surface area contributed by atoms with Crippen molar-refractivity contribution in [3.63, 3.8) is 0 Å². The van der Waals surface area contributed by atoms with Crippen molar-refractivity contribution in [2.45, 2.75) is 6.42 Å². The molecule has 0 bridgehead atoms.